The minimum absolute atomic E-state index is 0.0437. The van der Waals surface area contributed by atoms with Gasteiger partial charge in [0.1, 0.15) is 4.90 Å². The Labute approximate surface area is 191 Å². The first-order chi connectivity index (χ1) is 15.1. The Bertz CT molecular complexity index is 1120. The van der Waals surface area contributed by atoms with Crippen LogP contribution in [0.1, 0.15) is 24.3 Å². The Morgan fingerprint density at radius 2 is 2.03 bits per heavy atom. The first-order valence-corrected chi connectivity index (χ1v) is 11.9. The first kappa shape index (κ1) is 24.0. The molecule has 32 heavy (non-hydrogen) atoms. The van der Waals surface area contributed by atoms with Crippen LogP contribution in [-0.4, -0.2) is 38.8 Å². The predicted octanol–water partition coefficient (Wildman–Crippen LogP) is 1.97. The molecule has 0 bridgehead atoms. The molecule has 1 heterocycles. The summed E-state index contributed by atoms with van der Waals surface area (Å²) in [5.41, 5.74) is 7.49. The lowest BCUT2D eigenvalue weighted by Crippen LogP contribution is -2.39. The van der Waals surface area contributed by atoms with Crippen molar-refractivity contribution >= 4 is 39.5 Å². The van der Waals surface area contributed by atoms with E-state index in [1.807, 2.05) is 0 Å². The molecule has 11 heteroatoms. The molecule has 3 atom stereocenters. The third-order valence-electron chi connectivity index (χ3n) is 5.84. The topological polar surface area (TPSA) is 174 Å². The fourth-order valence-corrected chi connectivity index (χ4v) is 5.46. The molecule has 1 aliphatic heterocycles. The predicted molar refractivity (Wildman–Crippen MR) is 125 cm³/mol. The monoisotopic (exact) mass is 479 g/mol. The van der Waals surface area contributed by atoms with Crippen molar-refractivity contribution in [2.24, 2.45) is 27.9 Å². The third-order valence-corrected chi connectivity index (χ3v) is 7.28. The smallest absolute Gasteiger partial charge is 0.311 e. The van der Waals surface area contributed by atoms with Gasteiger partial charge in [-0.1, -0.05) is 41.9 Å². The van der Waals surface area contributed by atoms with E-state index in [9.17, 15) is 18.3 Å². The van der Waals surface area contributed by atoms with Crippen molar-refractivity contribution in [1.29, 1.82) is 0 Å². The number of halogens is 1. The van der Waals surface area contributed by atoms with Crippen LogP contribution >= 0.6 is 11.6 Å². The summed E-state index contributed by atoms with van der Waals surface area (Å²) in [7, 11) is -4.24. The molecule has 0 aromatic heterocycles. The number of hydrogen-bond acceptors (Lipinski definition) is 7. The van der Waals surface area contributed by atoms with Gasteiger partial charge in [0.05, 0.1) is 10.9 Å². The van der Waals surface area contributed by atoms with E-state index < -0.39 is 21.9 Å². The van der Waals surface area contributed by atoms with Gasteiger partial charge in [-0.2, -0.15) is 5.10 Å². The van der Waals surface area contributed by atoms with Crippen LogP contribution in [0.15, 0.2) is 46.4 Å². The highest BCUT2D eigenvalue weighted by molar-refractivity contribution is 7.89. The van der Waals surface area contributed by atoms with Crippen LogP contribution in [0.5, 0.6) is 0 Å². The molecule has 1 aliphatic rings. The quantitative estimate of drug-likeness (QED) is 0.174. The average molecular weight is 480 g/mol. The maximum Gasteiger partial charge on any atom is 0.311 e. The number of nitrogens with two attached hydrogens (primary N) is 3. The molecule has 1 saturated heterocycles. The van der Waals surface area contributed by atoms with Crippen LogP contribution in [0.25, 0.3) is 11.1 Å². The van der Waals surface area contributed by atoms with Crippen LogP contribution < -0.4 is 22.0 Å². The van der Waals surface area contributed by atoms with Gasteiger partial charge in [-0.15, -0.1) is 0 Å². The van der Waals surface area contributed by atoms with Crippen molar-refractivity contribution in [2.75, 3.05) is 18.8 Å². The number of nitrogens with zero attached hydrogens (tertiary/aromatic N) is 1. The number of primary sulfonamides is 1. The van der Waals surface area contributed by atoms with Crippen LogP contribution in [0, 0.1) is 11.8 Å². The molecule has 172 valence electrons. The number of carbonyl (C=O) groups is 1. The highest BCUT2D eigenvalue weighted by atomic mass is 35.5. The Morgan fingerprint density at radius 1 is 1.34 bits per heavy atom. The summed E-state index contributed by atoms with van der Waals surface area (Å²) in [4.78, 5) is 12.0. The van der Waals surface area contributed by atoms with Gasteiger partial charge in [-0.3, -0.25) is 4.79 Å². The van der Waals surface area contributed by atoms with E-state index >= 15 is 0 Å². The van der Waals surface area contributed by atoms with Crippen LogP contribution in [-0.2, 0) is 14.8 Å². The largest absolute Gasteiger partial charge is 0.481 e. The van der Waals surface area contributed by atoms with Crippen LogP contribution in [0.3, 0.4) is 0 Å². The molecule has 0 amide bonds. The van der Waals surface area contributed by atoms with Crippen molar-refractivity contribution in [3.05, 3.63) is 47.0 Å². The van der Waals surface area contributed by atoms with Crippen molar-refractivity contribution in [3.63, 3.8) is 0 Å². The van der Waals surface area contributed by atoms with Gasteiger partial charge in [0, 0.05) is 29.9 Å². The normalized spacial score (nSPS) is 20.3. The van der Waals surface area contributed by atoms with E-state index in [4.69, 9.17) is 28.3 Å². The Morgan fingerprint density at radius 3 is 2.62 bits per heavy atom. The molecule has 0 spiro atoms. The number of nitrogen functional groups attached to an aromatic ring is 1. The zero-order valence-electron chi connectivity index (χ0n) is 17.2. The Kier molecular flexibility index (Phi) is 7.40. The SMILES string of the molecule is NN=CC1CNCCC1CC(C(=O)O)c1cc(S(N)(=O)=O)c(Cl)c(-c2ccccc2)c1N. The molecule has 8 N–H and O–H groups in total. The van der Waals surface area contributed by atoms with E-state index in [1.165, 1.54) is 6.07 Å². The molecule has 1 fully saturated rings. The number of hydrazone groups is 1. The average Bonchev–Trinajstić information content (AvgIpc) is 2.73. The number of benzene rings is 2. The van der Waals surface area contributed by atoms with E-state index in [0.29, 0.717) is 18.5 Å². The second-order valence-corrected chi connectivity index (χ2v) is 9.73. The number of nitrogens with one attached hydrogen (secondary N) is 1. The van der Waals surface area contributed by atoms with Crippen LogP contribution in [0.2, 0.25) is 5.02 Å². The van der Waals surface area contributed by atoms with Gasteiger partial charge in [0.25, 0.3) is 0 Å². The number of sulfonamides is 1. The van der Waals surface area contributed by atoms with E-state index in [-0.39, 0.29) is 45.0 Å². The minimum Gasteiger partial charge on any atom is -0.481 e. The summed E-state index contributed by atoms with van der Waals surface area (Å²) >= 11 is 6.42. The van der Waals surface area contributed by atoms with Gasteiger partial charge in [0.15, 0.2) is 0 Å². The van der Waals surface area contributed by atoms with Gasteiger partial charge < -0.3 is 22.0 Å². The maximum absolute atomic E-state index is 12.3. The lowest BCUT2D eigenvalue weighted by molar-refractivity contribution is -0.139. The standard InChI is InChI=1S/C21H26ClN5O4S/c22-19-17(32(25,30)31)9-15(20(23)18(19)12-4-2-1-3-5-12)16(21(28)29)8-13-6-7-26-10-14(13)11-27-24/h1-5,9,11,13-14,16,26H,6-8,10,23-24H2,(H,28,29)(H2,25,30,31). The van der Waals surface area contributed by atoms with Gasteiger partial charge in [0.2, 0.25) is 10.0 Å². The molecule has 0 saturated carbocycles. The molecular weight excluding hydrogens is 454 g/mol. The molecule has 0 radical (unpaired) electrons. The summed E-state index contributed by atoms with van der Waals surface area (Å²) in [6, 6.07) is 9.89. The second kappa shape index (κ2) is 9.86. The summed E-state index contributed by atoms with van der Waals surface area (Å²) < 4.78 is 24.6. The van der Waals surface area contributed by atoms with Crippen LogP contribution in [0.4, 0.5) is 5.69 Å². The lowest BCUT2D eigenvalue weighted by Gasteiger charge is -2.32. The summed E-state index contributed by atoms with van der Waals surface area (Å²) in [5.74, 6) is 3.02. The maximum atomic E-state index is 12.3. The summed E-state index contributed by atoms with van der Waals surface area (Å²) in [6.07, 6.45) is 2.53. The summed E-state index contributed by atoms with van der Waals surface area (Å²) in [5, 5.41) is 22.2. The molecule has 3 unspecified atom stereocenters. The van der Waals surface area contributed by atoms with E-state index in [0.717, 1.165) is 6.54 Å². The molecular formula is C21H26ClN5O4S. The number of hydrogen-bond donors (Lipinski definition) is 5. The van der Waals surface area contributed by atoms with E-state index in [2.05, 4.69) is 10.4 Å². The first-order valence-electron chi connectivity index (χ1n) is 10.0. The number of rotatable bonds is 7. The fraction of sp³-hybridized carbons (Fsp3) is 0.333. The van der Waals surface area contributed by atoms with Crippen molar-refractivity contribution in [3.8, 4) is 11.1 Å². The number of piperidine rings is 1. The van der Waals surface area contributed by atoms with E-state index in [1.54, 1.807) is 36.5 Å². The number of anilines is 1. The third kappa shape index (κ3) is 5.04. The number of carboxylic acids is 1. The number of aliphatic carboxylic acids is 1. The Hall–Kier alpha value is -2.66. The zero-order chi connectivity index (χ0) is 23.5. The summed E-state index contributed by atoms with van der Waals surface area (Å²) in [6.45, 7) is 1.34. The van der Waals surface area contributed by atoms with Crippen molar-refractivity contribution in [2.45, 2.75) is 23.7 Å². The molecule has 2 aromatic rings. The zero-order valence-corrected chi connectivity index (χ0v) is 18.8. The molecule has 0 aliphatic carbocycles. The molecule has 2 aromatic carbocycles. The Balaban J connectivity index is 2.18. The van der Waals surface area contributed by atoms with Crippen molar-refractivity contribution in [1.82, 2.24) is 5.32 Å². The van der Waals surface area contributed by atoms with Crippen molar-refractivity contribution < 1.29 is 18.3 Å². The lowest BCUT2D eigenvalue weighted by atomic mass is 9.78. The minimum atomic E-state index is -4.24. The van der Waals surface area contributed by atoms with Gasteiger partial charge >= 0.3 is 5.97 Å². The van der Waals surface area contributed by atoms with Gasteiger partial charge in [-0.05, 0) is 42.5 Å². The highest BCUT2D eigenvalue weighted by Crippen LogP contribution is 2.44. The fourth-order valence-electron chi connectivity index (χ4n) is 4.23. The molecule has 9 nitrogen and oxygen atoms in total. The number of carboxylic acid groups (broad SMARTS) is 1. The molecule has 3 rings (SSSR count). The second-order valence-electron chi connectivity index (χ2n) is 7.82. The highest BCUT2D eigenvalue weighted by Gasteiger charge is 2.34. The van der Waals surface area contributed by atoms with Gasteiger partial charge in [-0.25, -0.2) is 13.6 Å².